The summed E-state index contributed by atoms with van der Waals surface area (Å²) < 4.78 is 0. The van der Waals surface area contributed by atoms with E-state index in [1.807, 2.05) is 0 Å². The molecule has 1 aromatic carbocycles. The van der Waals surface area contributed by atoms with Crippen LogP contribution < -0.4 is 5.32 Å². The summed E-state index contributed by atoms with van der Waals surface area (Å²) in [6.07, 6.45) is 6.85. The molecule has 0 bridgehead atoms. The highest BCUT2D eigenvalue weighted by Gasteiger charge is 2.26. The van der Waals surface area contributed by atoms with Gasteiger partial charge < -0.3 is 5.32 Å². The third-order valence-electron chi connectivity index (χ3n) is 4.59. The smallest absolute Gasteiger partial charge is 0.0327 e. The van der Waals surface area contributed by atoms with E-state index >= 15 is 0 Å². The van der Waals surface area contributed by atoms with Crippen LogP contribution in [0.1, 0.15) is 71.4 Å². The molecule has 2 atom stereocenters. The predicted molar refractivity (Wildman–Crippen MR) is 87.8 cm³/mol. The number of nitrogens with one attached hydrogen (secondary N) is 1. The number of hydrogen-bond donors (Lipinski definition) is 1. The van der Waals surface area contributed by atoms with Gasteiger partial charge in [0.2, 0.25) is 0 Å². The van der Waals surface area contributed by atoms with Crippen molar-refractivity contribution >= 4 is 0 Å². The van der Waals surface area contributed by atoms with Crippen molar-refractivity contribution in [1.29, 1.82) is 0 Å². The molecule has 1 saturated carbocycles. The molecule has 1 heteroatoms. The van der Waals surface area contributed by atoms with Crippen molar-refractivity contribution in [2.24, 2.45) is 11.3 Å². The van der Waals surface area contributed by atoms with Crippen LogP contribution in [0.4, 0.5) is 0 Å². The Kier molecular flexibility index (Phi) is 5.26. The van der Waals surface area contributed by atoms with E-state index < -0.39 is 0 Å². The molecule has 0 saturated heterocycles. The Morgan fingerprint density at radius 2 is 1.70 bits per heavy atom. The average Bonchev–Trinajstić information content (AvgIpc) is 2.91. The highest BCUT2D eigenvalue weighted by atomic mass is 15.0. The van der Waals surface area contributed by atoms with Crippen LogP contribution in [0.15, 0.2) is 30.3 Å². The summed E-state index contributed by atoms with van der Waals surface area (Å²) in [7, 11) is 0. The summed E-state index contributed by atoms with van der Waals surface area (Å²) in [4.78, 5) is 0. The summed E-state index contributed by atoms with van der Waals surface area (Å²) in [5.41, 5.74) is 1.79. The van der Waals surface area contributed by atoms with Crippen LogP contribution >= 0.6 is 0 Å². The maximum atomic E-state index is 3.93. The number of benzene rings is 1. The second-order valence-corrected chi connectivity index (χ2v) is 7.73. The van der Waals surface area contributed by atoms with E-state index in [2.05, 4.69) is 63.3 Å². The first-order chi connectivity index (χ1) is 9.46. The van der Waals surface area contributed by atoms with E-state index in [4.69, 9.17) is 0 Å². The van der Waals surface area contributed by atoms with E-state index in [-0.39, 0.29) is 0 Å². The zero-order chi connectivity index (χ0) is 14.6. The summed E-state index contributed by atoms with van der Waals surface area (Å²) in [6, 6.07) is 12.1. The Morgan fingerprint density at radius 1 is 1.10 bits per heavy atom. The van der Waals surface area contributed by atoms with Crippen molar-refractivity contribution in [2.45, 2.75) is 71.9 Å². The van der Waals surface area contributed by atoms with Crippen LogP contribution in [0.2, 0.25) is 0 Å². The molecule has 1 nitrogen and oxygen atoms in total. The Labute approximate surface area is 125 Å². The summed E-state index contributed by atoms with van der Waals surface area (Å²) in [6.45, 7) is 9.40. The summed E-state index contributed by atoms with van der Waals surface area (Å²) in [5.74, 6) is 0.876. The fourth-order valence-corrected chi connectivity index (χ4v) is 3.48. The van der Waals surface area contributed by atoms with Gasteiger partial charge in [0.05, 0.1) is 0 Å². The Morgan fingerprint density at radius 3 is 2.25 bits per heavy atom. The van der Waals surface area contributed by atoms with Crippen LogP contribution in [0.3, 0.4) is 0 Å². The Bertz CT molecular complexity index is 384. The fourth-order valence-electron chi connectivity index (χ4n) is 3.48. The minimum atomic E-state index is 0.350. The Balaban J connectivity index is 2.06. The molecule has 0 radical (unpaired) electrons. The largest absolute Gasteiger partial charge is 0.307 e. The molecular weight excluding hydrogens is 242 g/mol. The third kappa shape index (κ3) is 4.63. The van der Waals surface area contributed by atoms with Crippen molar-refractivity contribution in [2.75, 3.05) is 0 Å². The van der Waals surface area contributed by atoms with Gasteiger partial charge in [-0.3, -0.25) is 0 Å². The average molecular weight is 273 g/mol. The monoisotopic (exact) mass is 273 g/mol. The van der Waals surface area contributed by atoms with Crippen molar-refractivity contribution in [3.05, 3.63) is 35.9 Å². The van der Waals surface area contributed by atoms with Crippen LogP contribution in [0.25, 0.3) is 0 Å². The lowest BCUT2D eigenvalue weighted by atomic mass is 9.84. The molecule has 1 N–H and O–H groups in total. The first-order valence-electron chi connectivity index (χ1n) is 8.27. The molecule has 0 aromatic heterocycles. The molecule has 0 aliphatic heterocycles. The van der Waals surface area contributed by atoms with Gasteiger partial charge in [0.15, 0.2) is 0 Å². The minimum Gasteiger partial charge on any atom is -0.307 e. The van der Waals surface area contributed by atoms with Gasteiger partial charge >= 0.3 is 0 Å². The molecule has 2 rings (SSSR count). The molecule has 1 aliphatic rings. The van der Waals surface area contributed by atoms with Gasteiger partial charge in [-0.2, -0.15) is 0 Å². The van der Waals surface area contributed by atoms with Crippen molar-refractivity contribution in [3.63, 3.8) is 0 Å². The summed E-state index contributed by atoms with van der Waals surface area (Å²) in [5, 5.41) is 3.93. The zero-order valence-electron chi connectivity index (χ0n) is 13.7. The summed E-state index contributed by atoms with van der Waals surface area (Å²) >= 11 is 0. The molecule has 1 aromatic rings. The van der Waals surface area contributed by atoms with Gasteiger partial charge in [0.1, 0.15) is 0 Å². The predicted octanol–water partition coefficient (Wildman–Crippen LogP) is 5.33. The van der Waals surface area contributed by atoms with Gasteiger partial charge in [-0.1, -0.05) is 63.9 Å². The van der Waals surface area contributed by atoms with Gasteiger partial charge in [0, 0.05) is 12.1 Å². The van der Waals surface area contributed by atoms with E-state index in [9.17, 15) is 0 Å². The lowest BCUT2D eigenvalue weighted by Gasteiger charge is -2.32. The van der Waals surface area contributed by atoms with Gasteiger partial charge in [-0.15, -0.1) is 0 Å². The molecule has 0 heterocycles. The minimum absolute atomic E-state index is 0.350. The van der Waals surface area contributed by atoms with E-state index in [1.54, 1.807) is 0 Å². The number of rotatable bonds is 5. The normalized spacial score (nSPS) is 20.0. The quantitative estimate of drug-likeness (QED) is 0.764. The van der Waals surface area contributed by atoms with Crippen LogP contribution in [-0.2, 0) is 0 Å². The molecule has 20 heavy (non-hydrogen) atoms. The van der Waals surface area contributed by atoms with Gasteiger partial charge in [0.25, 0.3) is 0 Å². The van der Waals surface area contributed by atoms with Gasteiger partial charge in [-0.05, 0) is 43.1 Å². The SMILES string of the molecule is C[C@@H](NC(CC(C)(C)C)c1ccccc1)C1CCCC1. The Hall–Kier alpha value is -0.820. The van der Waals surface area contributed by atoms with Crippen molar-refractivity contribution < 1.29 is 0 Å². The maximum absolute atomic E-state index is 3.93. The number of hydrogen-bond acceptors (Lipinski definition) is 1. The molecular formula is C19H31N. The second-order valence-electron chi connectivity index (χ2n) is 7.73. The standard InChI is InChI=1S/C19H31N/c1-15(16-10-8-9-11-16)20-18(14-19(2,3)4)17-12-6-5-7-13-17/h5-7,12-13,15-16,18,20H,8-11,14H2,1-4H3/t15-,18?/m1/s1. The van der Waals surface area contributed by atoms with Crippen LogP contribution in [0, 0.1) is 11.3 Å². The topological polar surface area (TPSA) is 12.0 Å². The zero-order valence-corrected chi connectivity index (χ0v) is 13.7. The first kappa shape index (κ1) is 15.6. The van der Waals surface area contributed by atoms with Crippen LogP contribution in [0.5, 0.6) is 0 Å². The van der Waals surface area contributed by atoms with Crippen LogP contribution in [-0.4, -0.2) is 6.04 Å². The first-order valence-corrected chi connectivity index (χ1v) is 8.27. The molecule has 1 fully saturated rings. The second kappa shape index (κ2) is 6.76. The molecule has 0 amide bonds. The van der Waals surface area contributed by atoms with Gasteiger partial charge in [-0.25, -0.2) is 0 Å². The third-order valence-corrected chi connectivity index (χ3v) is 4.59. The highest BCUT2D eigenvalue weighted by molar-refractivity contribution is 5.19. The van der Waals surface area contributed by atoms with Crippen molar-refractivity contribution in [3.8, 4) is 0 Å². The molecule has 1 aliphatic carbocycles. The molecule has 112 valence electrons. The fraction of sp³-hybridized carbons (Fsp3) is 0.684. The van der Waals surface area contributed by atoms with E-state index in [1.165, 1.54) is 37.7 Å². The van der Waals surface area contributed by atoms with Crippen molar-refractivity contribution in [1.82, 2.24) is 5.32 Å². The van der Waals surface area contributed by atoms with E-state index in [0.29, 0.717) is 17.5 Å². The van der Waals surface area contributed by atoms with E-state index in [0.717, 1.165) is 5.92 Å². The molecule has 0 spiro atoms. The molecule has 1 unspecified atom stereocenters. The lowest BCUT2D eigenvalue weighted by Crippen LogP contribution is -2.37. The maximum Gasteiger partial charge on any atom is 0.0327 e. The lowest BCUT2D eigenvalue weighted by molar-refractivity contribution is 0.268. The highest BCUT2D eigenvalue weighted by Crippen LogP contribution is 2.33.